The van der Waals surface area contributed by atoms with Gasteiger partial charge >= 0.3 is 0 Å². The van der Waals surface area contributed by atoms with E-state index in [0.29, 0.717) is 0 Å². The molecule has 1 amide bonds. The molecule has 0 unspecified atom stereocenters. The predicted molar refractivity (Wildman–Crippen MR) is 69.8 cm³/mol. The first kappa shape index (κ1) is 16.1. The summed E-state index contributed by atoms with van der Waals surface area (Å²) in [4.78, 5) is 11.2. The SMILES string of the molecule is CS(=O)(=O)CCNC(=O)c1cc(S(N)(=O)=O)c(Br)o1. The Bertz CT molecular complexity index is 691. The monoisotopic (exact) mass is 374 g/mol. The lowest BCUT2D eigenvalue weighted by atomic mass is 10.4. The average molecular weight is 375 g/mol. The Labute approximate surface area is 118 Å². The summed E-state index contributed by atoms with van der Waals surface area (Å²) in [5.74, 6) is -1.26. The largest absolute Gasteiger partial charge is 0.443 e. The quantitative estimate of drug-likeness (QED) is 0.710. The first-order valence-corrected chi connectivity index (χ1v) is 9.19. The van der Waals surface area contributed by atoms with Crippen LogP contribution in [-0.2, 0) is 19.9 Å². The third-order valence-corrected chi connectivity index (χ3v) is 4.66. The number of amides is 1. The van der Waals surface area contributed by atoms with E-state index in [-0.39, 0.29) is 27.6 Å². The number of nitrogens with one attached hydrogen (secondary N) is 1. The van der Waals surface area contributed by atoms with E-state index in [2.05, 4.69) is 21.2 Å². The van der Waals surface area contributed by atoms with E-state index in [1.807, 2.05) is 0 Å². The Morgan fingerprint density at radius 2 is 2.00 bits per heavy atom. The number of hydrogen-bond donors (Lipinski definition) is 2. The van der Waals surface area contributed by atoms with Crippen molar-refractivity contribution in [2.24, 2.45) is 5.14 Å². The van der Waals surface area contributed by atoms with Gasteiger partial charge in [-0.2, -0.15) is 0 Å². The summed E-state index contributed by atoms with van der Waals surface area (Å²) in [5.41, 5.74) is 0. The highest BCUT2D eigenvalue weighted by Crippen LogP contribution is 2.24. The number of halogens is 1. The molecule has 11 heteroatoms. The zero-order chi connectivity index (χ0) is 14.8. The molecule has 1 aromatic heterocycles. The zero-order valence-corrected chi connectivity index (χ0v) is 12.9. The van der Waals surface area contributed by atoms with E-state index in [9.17, 15) is 21.6 Å². The second kappa shape index (κ2) is 5.61. The first-order chi connectivity index (χ1) is 8.50. The van der Waals surface area contributed by atoms with Crippen LogP contribution in [0.25, 0.3) is 0 Å². The zero-order valence-electron chi connectivity index (χ0n) is 9.71. The van der Waals surface area contributed by atoms with Crippen molar-refractivity contribution in [3.63, 3.8) is 0 Å². The van der Waals surface area contributed by atoms with Gasteiger partial charge in [-0.3, -0.25) is 4.79 Å². The Kier molecular flexibility index (Phi) is 4.76. The van der Waals surface area contributed by atoms with Crippen LogP contribution in [-0.4, -0.2) is 41.3 Å². The molecule has 1 heterocycles. The Hall–Kier alpha value is -0.910. The topological polar surface area (TPSA) is 137 Å². The van der Waals surface area contributed by atoms with Crippen molar-refractivity contribution in [2.45, 2.75) is 4.90 Å². The molecule has 1 aromatic rings. The fourth-order valence-corrected chi connectivity index (χ4v) is 3.07. The lowest BCUT2D eigenvalue weighted by molar-refractivity contribution is 0.0927. The molecule has 8 nitrogen and oxygen atoms in total. The van der Waals surface area contributed by atoms with Crippen molar-refractivity contribution < 1.29 is 26.0 Å². The van der Waals surface area contributed by atoms with Gasteiger partial charge in [0.05, 0.1) is 5.75 Å². The van der Waals surface area contributed by atoms with Gasteiger partial charge in [0.1, 0.15) is 14.7 Å². The third kappa shape index (κ3) is 4.93. The van der Waals surface area contributed by atoms with Crippen LogP contribution < -0.4 is 10.5 Å². The highest BCUT2D eigenvalue weighted by molar-refractivity contribution is 9.10. The molecule has 0 atom stereocenters. The standard InChI is InChI=1S/C8H11BrN2O6S2/c1-18(13,14)3-2-11-8(12)5-4-6(7(9)17-5)19(10,15)16/h4H,2-3H2,1H3,(H,11,12)(H2,10,15,16). The molecule has 0 aliphatic rings. The maximum atomic E-state index is 11.6. The number of carbonyl (C=O) groups excluding carboxylic acids is 1. The molecule has 0 aliphatic heterocycles. The second-order valence-electron chi connectivity index (χ2n) is 3.68. The maximum absolute atomic E-state index is 11.6. The summed E-state index contributed by atoms with van der Waals surface area (Å²) in [6, 6.07) is 0.954. The molecule has 19 heavy (non-hydrogen) atoms. The van der Waals surface area contributed by atoms with Crippen LogP contribution in [0.15, 0.2) is 20.0 Å². The summed E-state index contributed by atoms with van der Waals surface area (Å²) >= 11 is 2.82. The summed E-state index contributed by atoms with van der Waals surface area (Å²) in [6.45, 7) is -0.110. The van der Waals surface area contributed by atoms with Gasteiger partial charge in [-0.05, 0) is 15.9 Å². The van der Waals surface area contributed by atoms with Crippen molar-refractivity contribution in [3.8, 4) is 0 Å². The minimum atomic E-state index is -4.01. The fourth-order valence-electron chi connectivity index (χ4n) is 1.10. The average Bonchev–Trinajstić information content (AvgIpc) is 2.57. The number of primary sulfonamides is 1. The van der Waals surface area contributed by atoms with Crippen molar-refractivity contribution >= 4 is 41.7 Å². The lowest BCUT2D eigenvalue weighted by Gasteiger charge is -2.01. The third-order valence-electron chi connectivity index (χ3n) is 1.94. The summed E-state index contributed by atoms with van der Waals surface area (Å²) in [7, 11) is -7.21. The summed E-state index contributed by atoms with van der Waals surface area (Å²) in [5, 5.41) is 7.18. The van der Waals surface area contributed by atoms with Crippen LogP contribution in [0.4, 0.5) is 0 Å². The first-order valence-electron chi connectivity index (χ1n) is 4.79. The lowest BCUT2D eigenvalue weighted by Crippen LogP contribution is -2.28. The van der Waals surface area contributed by atoms with Gasteiger partial charge in [0, 0.05) is 18.9 Å². The molecular formula is C8H11BrN2O6S2. The Morgan fingerprint density at radius 3 is 2.42 bits per heavy atom. The van der Waals surface area contributed by atoms with Gasteiger partial charge in [0.2, 0.25) is 10.0 Å². The minimum Gasteiger partial charge on any atom is -0.443 e. The van der Waals surface area contributed by atoms with Gasteiger partial charge in [0.15, 0.2) is 10.4 Å². The summed E-state index contributed by atoms with van der Waals surface area (Å²) < 4.78 is 48.6. The number of sulfone groups is 1. The van der Waals surface area contributed by atoms with Crippen molar-refractivity contribution in [1.29, 1.82) is 0 Å². The predicted octanol–water partition coefficient (Wildman–Crippen LogP) is -0.536. The van der Waals surface area contributed by atoms with Crippen LogP contribution in [0, 0.1) is 0 Å². The number of nitrogens with two attached hydrogens (primary N) is 1. The number of rotatable bonds is 5. The Balaban J connectivity index is 2.80. The smallest absolute Gasteiger partial charge is 0.287 e. The van der Waals surface area contributed by atoms with Crippen LogP contribution in [0.2, 0.25) is 0 Å². The van der Waals surface area contributed by atoms with Crippen LogP contribution in [0.1, 0.15) is 10.6 Å². The number of sulfonamides is 1. The van der Waals surface area contributed by atoms with E-state index in [1.165, 1.54) is 0 Å². The van der Waals surface area contributed by atoms with Crippen molar-refractivity contribution in [1.82, 2.24) is 5.32 Å². The van der Waals surface area contributed by atoms with E-state index in [0.717, 1.165) is 12.3 Å². The molecule has 3 N–H and O–H groups in total. The molecule has 0 saturated heterocycles. The molecule has 0 saturated carbocycles. The van der Waals surface area contributed by atoms with Crippen LogP contribution in [0.5, 0.6) is 0 Å². The second-order valence-corrected chi connectivity index (χ2v) is 8.19. The highest BCUT2D eigenvalue weighted by atomic mass is 79.9. The molecule has 0 aromatic carbocycles. The molecule has 1 rings (SSSR count). The number of carbonyl (C=O) groups is 1. The van der Waals surface area contributed by atoms with Crippen molar-refractivity contribution in [3.05, 3.63) is 16.5 Å². The summed E-state index contributed by atoms with van der Waals surface area (Å²) in [6.07, 6.45) is 1.03. The molecule has 0 aliphatic carbocycles. The van der Waals surface area contributed by atoms with E-state index in [4.69, 9.17) is 9.56 Å². The maximum Gasteiger partial charge on any atom is 0.287 e. The number of hydrogen-bond acceptors (Lipinski definition) is 6. The van der Waals surface area contributed by atoms with Crippen LogP contribution >= 0.6 is 15.9 Å². The van der Waals surface area contributed by atoms with Gasteiger partial charge < -0.3 is 9.73 Å². The van der Waals surface area contributed by atoms with E-state index < -0.39 is 25.8 Å². The molecule has 0 spiro atoms. The van der Waals surface area contributed by atoms with Gasteiger partial charge in [-0.25, -0.2) is 22.0 Å². The van der Waals surface area contributed by atoms with E-state index >= 15 is 0 Å². The number of furan rings is 1. The highest BCUT2D eigenvalue weighted by Gasteiger charge is 2.22. The molecular weight excluding hydrogens is 364 g/mol. The normalized spacial score (nSPS) is 12.4. The van der Waals surface area contributed by atoms with Gasteiger partial charge in [0.25, 0.3) is 5.91 Å². The van der Waals surface area contributed by atoms with E-state index in [1.54, 1.807) is 0 Å². The van der Waals surface area contributed by atoms with Gasteiger partial charge in [-0.1, -0.05) is 0 Å². The van der Waals surface area contributed by atoms with Crippen LogP contribution in [0.3, 0.4) is 0 Å². The molecule has 108 valence electrons. The molecule has 0 bridgehead atoms. The fraction of sp³-hybridized carbons (Fsp3) is 0.375. The minimum absolute atomic E-state index is 0.110. The van der Waals surface area contributed by atoms with Crippen molar-refractivity contribution in [2.75, 3.05) is 18.6 Å². The molecule has 0 radical (unpaired) electrons. The molecule has 0 fully saturated rings. The van der Waals surface area contributed by atoms with Gasteiger partial charge in [-0.15, -0.1) is 0 Å². The Morgan fingerprint density at radius 1 is 1.42 bits per heavy atom.